The van der Waals surface area contributed by atoms with Gasteiger partial charge in [-0.05, 0) is 48.0 Å². The zero-order valence-corrected chi connectivity index (χ0v) is 11.2. The lowest BCUT2D eigenvalue weighted by Gasteiger charge is -2.15. The van der Waals surface area contributed by atoms with E-state index < -0.39 is 0 Å². The van der Waals surface area contributed by atoms with E-state index in [1.165, 1.54) is 0 Å². The average Bonchev–Trinajstić information content (AvgIpc) is 2.19. The molecule has 0 heterocycles. The number of rotatable bonds is 5. The van der Waals surface area contributed by atoms with Gasteiger partial charge in [0.2, 0.25) is 0 Å². The summed E-state index contributed by atoms with van der Waals surface area (Å²) in [5, 5.41) is 0. The van der Waals surface area contributed by atoms with Crippen molar-refractivity contribution in [2.45, 2.75) is 26.4 Å². The highest BCUT2D eigenvalue weighted by atomic mass is 79.9. The summed E-state index contributed by atoms with van der Waals surface area (Å²) >= 11 is 3.39. The quantitative estimate of drug-likeness (QED) is 0.834. The first kappa shape index (κ1) is 13.0. The van der Waals surface area contributed by atoms with E-state index in [2.05, 4.69) is 15.9 Å². The molecule has 1 unspecified atom stereocenters. The van der Waals surface area contributed by atoms with Crippen LogP contribution in [0.5, 0.6) is 11.5 Å². The Hall–Kier alpha value is -1.03. The van der Waals surface area contributed by atoms with Crippen LogP contribution in [0.25, 0.3) is 0 Å². The molecule has 1 atom stereocenters. The van der Waals surface area contributed by atoms with E-state index in [9.17, 15) is 4.79 Å². The first-order valence-electron chi connectivity index (χ1n) is 5.02. The predicted octanol–water partition coefficient (Wildman–Crippen LogP) is 3.20. The van der Waals surface area contributed by atoms with Crippen molar-refractivity contribution in [2.24, 2.45) is 0 Å². The predicted molar refractivity (Wildman–Crippen MR) is 66.1 cm³/mol. The Kier molecular flexibility index (Phi) is 4.80. The van der Waals surface area contributed by atoms with Crippen LogP contribution in [0.2, 0.25) is 0 Å². The second kappa shape index (κ2) is 5.89. The topological polar surface area (TPSA) is 35.5 Å². The van der Waals surface area contributed by atoms with Crippen molar-refractivity contribution in [3.8, 4) is 11.5 Å². The van der Waals surface area contributed by atoms with Gasteiger partial charge in [0.15, 0.2) is 0 Å². The maximum atomic E-state index is 10.9. The summed E-state index contributed by atoms with van der Waals surface area (Å²) in [6.07, 6.45) is 0.292. The third-order valence-corrected chi connectivity index (χ3v) is 2.66. The monoisotopic (exact) mass is 286 g/mol. The molecule has 0 radical (unpaired) electrons. The number of ether oxygens (including phenoxy) is 2. The molecule has 0 bridgehead atoms. The molecule has 16 heavy (non-hydrogen) atoms. The van der Waals surface area contributed by atoms with E-state index in [0.717, 1.165) is 16.0 Å². The minimum Gasteiger partial charge on any atom is -0.497 e. The fourth-order valence-electron chi connectivity index (χ4n) is 1.37. The molecule has 1 aromatic carbocycles. The Morgan fingerprint density at radius 2 is 2.19 bits per heavy atom. The van der Waals surface area contributed by atoms with Crippen molar-refractivity contribution >= 4 is 21.7 Å². The highest BCUT2D eigenvalue weighted by Crippen LogP contribution is 2.30. The van der Waals surface area contributed by atoms with Gasteiger partial charge in [0, 0.05) is 6.42 Å². The zero-order chi connectivity index (χ0) is 12.1. The number of carbonyl (C=O) groups is 1. The summed E-state index contributed by atoms with van der Waals surface area (Å²) < 4.78 is 11.5. The average molecular weight is 287 g/mol. The van der Waals surface area contributed by atoms with Crippen LogP contribution >= 0.6 is 15.9 Å². The summed E-state index contributed by atoms with van der Waals surface area (Å²) in [7, 11) is 1.61. The maximum Gasteiger partial charge on any atom is 0.134 e. The molecular formula is C12H15BrO3. The number of hydrogen-bond acceptors (Lipinski definition) is 3. The van der Waals surface area contributed by atoms with E-state index in [4.69, 9.17) is 9.47 Å². The van der Waals surface area contributed by atoms with E-state index in [-0.39, 0.29) is 11.9 Å². The normalized spacial score (nSPS) is 12.0. The molecular weight excluding hydrogens is 272 g/mol. The first-order chi connectivity index (χ1) is 7.52. The van der Waals surface area contributed by atoms with Gasteiger partial charge in [-0.15, -0.1) is 0 Å². The molecule has 0 saturated heterocycles. The van der Waals surface area contributed by atoms with Crippen LogP contribution in [-0.2, 0) is 4.79 Å². The van der Waals surface area contributed by atoms with E-state index in [1.807, 2.05) is 25.1 Å². The van der Waals surface area contributed by atoms with Crippen LogP contribution in [-0.4, -0.2) is 19.0 Å². The SMILES string of the molecule is COc1ccc(OC(C)CC(C)=O)c(Br)c1. The van der Waals surface area contributed by atoms with Crippen molar-refractivity contribution in [3.63, 3.8) is 0 Å². The molecule has 0 spiro atoms. The second-order valence-corrected chi connectivity index (χ2v) is 4.49. The number of hydrogen-bond donors (Lipinski definition) is 0. The molecule has 0 aliphatic heterocycles. The molecule has 1 aromatic rings. The van der Waals surface area contributed by atoms with E-state index >= 15 is 0 Å². The maximum absolute atomic E-state index is 10.9. The molecule has 0 saturated carbocycles. The zero-order valence-electron chi connectivity index (χ0n) is 9.62. The Balaban J connectivity index is 2.70. The highest BCUT2D eigenvalue weighted by molar-refractivity contribution is 9.10. The van der Waals surface area contributed by atoms with Crippen molar-refractivity contribution in [1.82, 2.24) is 0 Å². The minimum absolute atomic E-state index is 0.122. The van der Waals surface area contributed by atoms with Crippen LogP contribution in [0.1, 0.15) is 20.3 Å². The van der Waals surface area contributed by atoms with Crippen LogP contribution in [0.3, 0.4) is 0 Å². The van der Waals surface area contributed by atoms with Crippen molar-refractivity contribution in [2.75, 3.05) is 7.11 Å². The summed E-state index contributed by atoms with van der Waals surface area (Å²) in [6.45, 7) is 3.43. The standard InChI is InChI=1S/C12H15BrO3/c1-8(14)6-9(2)16-12-5-4-10(15-3)7-11(12)13/h4-5,7,9H,6H2,1-3H3. The van der Waals surface area contributed by atoms with Gasteiger partial charge in [0.1, 0.15) is 23.4 Å². The smallest absolute Gasteiger partial charge is 0.134 e. The molecule has 4 heteroatoms. The van der Waals surface area contributed by atoms with E-state index in [0.29, 0.717) is 6.42 Å². The molecule has 0 aliphatic carbocycles. The summed E-state index contributed by atoms with van der Waals surface area (Å²) in [5.74, 6) is 1.60. The van der Waals surface area contributed by atoms with Crippen LogP contribution in [0.15, 0.2) is 22.7 Å². The number of halogens is 1. The lowest BCUT2D eigenvalue weighted by atomic mass is 10.2. The van der Waals surface area contributed by atoms with Gasteiger partial charge in [0.25, 0.3) is 0 Å². The van der Waals surface area contributed by atoms with Gasteiger partial charge in [-0.1, -0.05) is 0 Å². The lowest BCUT2D eigenvalue weighted by Crippen LogP contribution is -2.15. The van der Waals surface area contributed by atoms with E-state index in [1.54, 1.807) is 14.0 Å². The summed E-state index contributed by atoms with van der Waals surface area (Å²) in [4.78, 5) is 10.9. The Morgan fingerprint density at radius 1 is 1.50 bits per heavy atom. The molecule has 0 fully saturated rings. The molecule has 0 N–H and O–H groups in total. The third-order valence-electron chi connectivity index (χ3n) is 2.04. The number of ketones is 1. The fourth-order valence-corrected chi connectivity index (χ4v) is 1.82. The van der Waals surface area contributed by atoms with Crippen molar-refractivity contribution < 1.29 is 14.3 Å². The van der Waals surface area contributed by atoms with Gasteiger partial charge < -0.3 is 9.47 Å². The van der Waals surface area contributed by atoms with Crippen LogP contribution < -0.4 is 9.47 Å². The molecule has 88 valence electrons. The lowest BCUT2D eigenvalue weighted by molar-refractivity contribution is -0.118. The Morgan fingerprint density at radius 3 is 2.69 bits per heavy atom. The van der Waals surface area contributed by atoms with Crippen molar-refractivity contribution in [1.29, 1.82) is 0 Å². The van der Waals surface area contributed by atoms with Crippen LogP contribution in [0, 0.1) is 0 Å². The van der Waals surface area contributed by atoms with Gasteiger partial charge in [-0.3, -0.25) is 4.79 Å². The number of carbonyl (C=O) groups excluding carboxylic acids is 1. The molecule has 3 nitrogen and oxygen atoms in total. The molecule has 0 amide bonds. The summed E-state index contributed by atoms with van der Waals surface area (Å²) in [5.41, 5.74) is 0. The molecule has 1 rings (SSSR count). The third kappa shape index (κ3) is 3.85. The van der Waals surface area contributed by atoms with Gasteiger partial charge in [-0.25, -0.2) is 0 Å². The Labute approximate surface area is 104 Å². The van der Waals surface area contributed by atoms with Gasteiger partial charge in [-0.2, -0.15) is 0 Å². The molecule has 0 aliphatic rings. The minimum atomic E-state index is -0.123. The first-order valence-corrected chi connectivity index (χ1v) is 5.82. The number of methoxy groups -OCH3 is 1. The number of benzene rings is 1. The van der Waals surface area contributed by atoms with Gasteiger partial charge >= 0.3 is 0 Å². The fraction of sp³-hybridized carbons (Fsp3) is 0.417. The number of Topliss-reactive ketones (excluding diaryl/α,β-unsaturated/α-hetero) is 1. The molecule has 0 aromatic heterocycles. The largest absolute Gasteiger partial charge is 0.497 e. The summed E-state index contributed by atoms with van der Waals surface area (Å²) in [6, 6.07) is 5.47. The second-order valence-electron chi connectivity index (χ2n) is 3.63. The van der Waals surface area contributed by atoms with Crippen LogP contribution in [0.4, 0.5) is 0 Å². The van der Waals surface area contributed by atoms with Gasteiger partial charge in [0.05, 0.1) is 11.6 Å². The Bertz CT molecular complexity index is 377. The van der Waals surface area contributed by atoms with Crippen molar-refractivity contribution in [3.05, 3.63) is 22.7 Å². The highest BCUT2D eigenvalue weighted by Gasteiger charge is 2.09.